The molecule has 2 aliphatic heterocycles. The Morgan fingerprint density at radius 2 is 2.18 bits per heavy atom. The average Bonchev–Trinajstić information content (AvgIpc) is 2.62. The number of hydrogen-bond acceptors (Lipinski definition) is 3. The van der Waals surface area contributed by atoms with Gasteiger partial charge in [0, 0.05) is 0 Å². The second-order valence-corrected chi connectivity index (χ2v) is 4.23. The lowest BCUT2D eigenvalue weighted by Gasteiger charge is -2.34. The minimum absolute atomic E-state index is 0.0468. The Morgan fingerprint density at radius 3 is 2.82 bits per heavy atom. The van der Waals surface area contributed by atoms with Crippen molar-refractivity contribution in [1.29, 1.82) is 0 Å². The molecular weight excluding hydrogens is 218 g/mol. The van der Waals surface area contributed by atoms with Crippen LogP contribution in [0.1, 0.15) is 12.0 Å². The maximum absolute atomic E-state index is 11.4. The molecule has 4 heteroatoms. The van der Waals surface area contributed by atoms with Gasteiger partial charge >= 0.3 is 0 Å². The summed E-state index contributed by atoms with van der Waals surface area (Å²) in [5.74, 6) is 0.722. The molecule has 4 nitrogen and oxygen atoms in total. The molecule has 0 radical (unpaired) electrons. The first-order valence-corrected chi connectivity index (χ1v) is 5.65. The number of aliphatic hydroxyl groups is 1. The van der Waals surface area contributed by atoms with Crippen LogP contribution in [-0.2, 0) is 9.53 Å². The lowest BCUT2D eigenvalue weighted by Crippen LogP contribution is -2.53. The number of amides is 1. The van der Waals surface area contributed by atoms with Crippen molar-refractivity contribution >= 4 is 12.0 Å². The molecule has 2 heterocycles. The van der Waals surface area contributed by atoms with Crippen LogP contribution >= 0.6 is 0 Å². The quantitative estimate of drug-likeness (QED) is 0.772. The van der Waals surface area contributed by atoms with Crippen LogP contribution in [0.25, 0.3) is 6.08 Å². The molecule has 0 bridgehead atoms. The highest BCUT2D eigenvalue weighted by Crippen LogP contribution is 2.36. The van der Waals surface area contributed by atoms with Crippen molar-refractivity contribution in [2.24, 2.45) is 0 Å². The fraction of sp³-hybridized carbons (Fsp3) is 0.308. The minimum Gasteiger partial charge on any atom is -0.472 e. The summed E-state index contributed by atoms with van der Waals surface area (Å²) in [6.45, 7) is -0.0963. The molecule has 0 aliphatic carbocycles. The molecule has 17 heavy (non-hydrogen) atoms. The maximum Gasteiger partial charge on any atom is 0.231 e. The molecule has 88 valence electrons. The molecule has 0 aromatic heterocycles. The van der Waals surface area contributed by atoms with E-state index in [1.807, 2.05) is 36.4 Å². The van der Waals surface area contributed by atoms with Gasteiger partial charge in [0.2, 0.25) is 5.91 Å². The van der Waals surface area contributed by atoms with Crippen molar-refractivity contribution in [3.63, 3.8) is 0 Å². The van der Waals surface area contributed by atoms with Crippen molar-refractivity contribution in [2.75, 3.05) is 6.61 Å². The lowest BCUT2D eigenvalue weighted by atomic mass is 10.1. The summed E-state index contributed by atoms with van der Waals surface area (Å²) in [7, 11) is 0. The molecule has 0 spiro atoms. The Morgan fingerprint density at radius 1 is 1.41 bits per heavy atom. The topological polar surface area (TPSA) is 49.8 Å². The van der Waals surface area contributed by atoms with Crippen molar-refractivity contribution < 1.29 is 14.6 Å². The molecule has 1 aromatic rings. The van der Waals surface area contributed by atoms with Crippen LogP contribution in [0.4, 0.5) is 0 Å². The largest absolute Gasteiger partial charge is 0.472 e. The highest BCUT2D eigenvalue weighted by molar-refractivity contribution is 5.84. The first-order valence-electron chi connectivity index (χ1n) is 5.65. The maximum atomic E-state index is 11.4. The summed E-state index contributed by atoms with van der Waals surface area (Å²) in [6.07, 6.45) is 2.13. The second kappa shape index (κ2) is 3.89. The number of carbonyl (C=O) groups is 1. The summed E-state index contributed by atoms with van der Waals surface area (Å²) in [5, 5.41) is 9.34. The van der Waals surface area contributed by atoms with Gasteiger partial charge in [0.25, 0.3) is 0 Å². The molecule has 3 rings (SSSR count). The monoisotopic (exact) mass is 231 g/mol. The van der Waals surface area contributed by atoms with E-state index in [0.29, 0.717) is 12.2 Å². The number of β-lactam (4-membered cyclic amide) rings is 1. The van der Waals surface area contributed by atoms with Gasteiger partial charge in [0.05, 0.1) is 13.0 Å². The van der Waals surface area contributed by atoms with Crippen LogP contribution in [0, 0.1) is 0 Å². The number of benzene rings is 1. The molecule has 1 aromatic carbocycles. The van der Waals surface area contributed by atoms with Gasteiger partial charge in [0.1, 0.15) is 11.8 Å². The van der Waals surface area contributed by atoms with E-state index in [0.717, 1.165) is 5.56 Å². The van der Waals surface area contributed by atoms with E-state index < -0.39 is 0 Å². The zero-order valence-corrected chi connectivity index (χ0v) is 9.24. The predicted octanol–water partition coefficient (Wildman–Crippen LogP) is 0.977. The van der Waals surface area contributed by atoms with E-state index in [1.165, 1.54) is 0 Å². The summed E-state index contributed by atoms with van der Waals surface area (Å²) < 4.78 is 5.64. The summed E-state index contributed by atoms with van der Waals surface area (Å²) in [5.41, 5.74) is 1.01. The average molecular weight is 231 g/mol. The van der Waals surface area contributed by atoms with Gasteiger partial charge in [-0.25, -0.2) is 0 Å². The molecule has 1 N–H and O–H groups in total. The highest BCUT2D eigenvalue weighted by Gasteiger charge is 2.50. The van der Waals surface area contributed by atoms with Gasteiger partial charge in [-0.2, -0.15) is 0 Å². The molecule has 2 saturated heterocycles. The van der Waals surface area contributed by atoms with E-state index >= 15 is 0 Å². The van der Waals surface area contributed by atoms with Gasteiger partial charge < -0.3 is 9.84 Å². The van der Waals surface area contributed by atoms with Gasteiger partial charge in [-0.3, -0.25) is 9.69 Å². The van der Waals surface area contributed by atoms with Gasteiger partial charge in [0.15, 0.2) is 6.23 Å². The molecule has 2 fully saturated rings. The number of rotatable bonds is 2. The zero-order valence-electron chi connectivity index (χ0n) is 9.24. The molecule has 0 saturated carbocycles. The standard InChI is InChI=1S/C13H13NO3/c15-8-10-11(6-9-4-2-1-3-5-9)17-13-7-12(16)14(10)13/h1-6,10,13,15H,7-8H2/b11-6-. The fourth-order valence-corrected chi connectivity index (χ4v) is 2.27. The number of hydrogen-bond donors (Lipinski definition) is 1. The lowest BCUT2D eigenvalue weighted by molar-refractivity contribution is -0.157. The van der Waals surface area contributed by atoms with Crippen LogP contribution in [0.2, 0.25) is 0 Å². The van der Waals surface area contributed by atoms with E-state index in [-0.39, 0.29) is 24.8 Å². The van der Waals surface area contributed by atoms with E-state index in [1.54, 1.807) is 4.90 Å². The molecule has 1 amide bonds. The number of carbonyl (C=O) groups excluding carboxylic acids is 1. The minimum atomic E-state index is -0.318. The van der Waals surface area contributed by atoms with Gasteiger partial charge in [-0.05, 0) is 11.6 Å². The smallest absolute Gasteiger partial charge is 0.231 e. The van der Waals surface area contributed by atoms with Crippen LogP contribution in [-0.4, -0.2) is 34.8 Å². The van der Waals surface area contributed by atoms with Crippen LogP contribution in [0.15, 0.2) is 36.1 Å². The summed E-state index contributed by atoms with van der Waals surface area (Å²) >= 11 is 0. The molecular formula is C13H13NO3. The first-order chi connectivity index (χ1) is 8.29. The Balaban J connectivity index is 1.89. The third kappa shape index (κ3) is 1.61. The Hall–Kier alpha value is -1.81. The Kier molecular flexibility index (Phi) is 2.37. The highest BCUT2D eigenvalue weighted by atomic mass is 16.5. The second-order valence-electron chi connectivity index (χ2n) is 4.23. The SMILES string of the molecule is O=C1CC2O/C(=C\c3ccccc3)C(CO)N12. The van der Waals surface area contributed by atoms with Crippen molar-refractivity contribution in [1.82, 2.24) is 4.90 Å². The van der Waals surface area contributed by atoms with E-state index in [9.17, 15) is 9.90 Å². The number of fused-ring (bicyclic) bond motifs is 1. The van der Waals surface area contributed by atoms with Crippen LogP contribution in [0.5, 0.6) is 0 Å². The van der Waals surface area contributed by atoms with E-state index in [4.69, 9.17) is 4.74 Å². The number of aliphatic hydroxyl groups excluding tert-OH is 1. The molecule has 2 aliphatic rings. The summed E-state index contributed by atoms with van der Waals surface area (Å²) in [6, 6.07) is 9.42. The normalized spacial score (nSPS) is 28.9. The van der Waals surface area contributed by atoms with Crippen molar-refractivity contribution in [3.8, 4) is 0 Å². The Bertz CT molecular complexity index is 469. The Labute approximate surface area is 99.1 Å². The fourth-order valence-electron chi connectivity index (χ4n) is 2.27. The number of ether oxygens (including phenoxy) is 1. The predicted molar refractivity (Wildman–Crippen MR) is 61.6 cm³/mol. The number of nitrogens with zero attached hydrogens (tertiary/aromatic N) is 1. The van der Waals surface area contributed by atoms with Crippen molar-refractivity contribution in [2.45, 2.75) is 18.7 Å². The van der Waals surface area contributed by atoms with Gasteiger partial charge in [-0.1, -0.05) is 30.3 Å². The van der Waals surface area contributed by atoms with E-state index in [2.05, 4.69) is 0 Å². The van der Waals surface area contributed by atoms with Crippen LogP contribution < -0.4 is 0 Å². The van der Waals surface area contributed by atoms with Crippen LogP contribution in [0.3, 0.4) is 0 Å². The van der Waals surface area contributed by atoms with Crippen molar-refractivity contribution in [3.05, 3.63) is 41.7 Å². The summed E-state index contributed by atoms with van der Waals surface area (Å²) in [4.78, 5) is 13.0. The van der Waals surface area contributed by atoms with Gasteiger partial charge in [-0.15, -0.1) is 0 Å². The third-order valence-corrected chi connectivity index (χ3v) is 3.17. The third-order valence-electron chi connectivity index (χ3n) is 3.17. The zero-order chi connectivity index (χ0) is 11.8. The molecule has 2 unspecified atom stereocenters. The molecule has 2 atom stereocenters. The first kappa shape index (κ1) is 10.4.